The molecule has 2 aliphatic heterocycles. The molecule has 0 aromatic heterocycles. The highest BCUT2D eigenvalue weighted by atomic mass is 16.5. The van der Waals surface area contributed by atoms with E-state index in [1.165, 1.54) is 16.9 Å². The number of hydrogen-bond acceptors (Lipinski definition) is 3. The summed E-state index contributed by atoms with van der Waals surface area (Å²) in [6.07, 6.45) is 3.52. The van der Waals surface area contributed by atoms with Gasteiger partial charge in [0.05, 0.1) is 14.2 Å². The predicted octanol–water partition coefficient (Wildman–Crippen LogP) is 0.165. The number of piperazine rings is 1. The van der Waals surface area contributed by atoms with Crippen LogP contribution in [0.3, 0.4) is 0 Å². The molecule has 1 aromatic carbocycles. The van der Waals surface area contributed by atoms with Crippen molar-refractivity contribution in [2.75, 3.05) is 40.4 Å². The topological polar surface area (TPSA) is 47.7 Å². The number of nitrogens with zero attached hydrogens (tertiary/aromatic N) is 1. The Labute approximate surface area is 175 Å². The Kier molecular flexibility index (Phi) is 7.41. The fourth-order valence-corrected chi connectivity index (χ4v) is 5.07. The van der Waals surface area contributed by atoms with Gasteiger partial charge in [-0.3, -0.25) is 4.79 Å². The molecule has 2 heterocycles. The first-order chi connectivity index (χ1) is 13.9. The maximum atomic E-state index is 13.2. The first-order valence-electron chi connectivity index (χ1n) is 11.2. The van der Waals surface area contributed by atoms with E-state index in [9.17, 15) is 4.79 Å². The Bertz CT molecular complexity index is 678. The lowest BCUT2D eigenvalue weighted by Crippen LogP contribution is -3.29. The molecule has 162 valence electrons. The third kappa shape index (κ3) is 5.04. The number of amides is 1. The molecular formula is C23H39N3O3+2. The third-order valence-corrected chi connectivity index (χ3v) is 6.93. The minimum Gasteiger partial charge on any atom is -0.493 e. The second-order valence-electron chi connectivity index (χ2n) is 8.87. The van der Waals surface area contributed by atoms with Crippen LogP contribution in [0.1, 0.15) is 45.6 Å². The molecule has 3 atom stereocenters. The van der Waals surface area contributed by atoms with Gasteiger partial charge in [-0.2, -0.15) is 0 Å². The average Bonchev–Trinajstić information content (AvgIpc) is 2.73. The third-order valence-electron chi connectivity index (χ3n) is 6.93. The molecule has 2 fully saturated rings. The van der Waals surface area contributed by atoms with Crippen LogP contribution in [0.2, 0.25) is 0 Å². The van der Waals surface area contributed by atoms with E-state index < -0.39 is 0 Å². The van der Waals surface area contributed by atoms with Gasteiger partial charge >= 0.3 is 0 Å². The summed E-state index contributed by atoms with van der Waals surface area (Å²) in [6, 6.07) is 7.00. The zero-order chi connectivity index (χ0) is 21.0. The monoisotopic (exact) mass is 405 g/mol. The Hall–Kier alpha value is -1.79. The summed E-state index contributed by atoms with van der Waals surface area (Å²) < 4.78 is 10.8. The quantitative estimate of drug-likeness (QED) is 0.709. The van der Waals surface area contributed by atoms with Crippen LogP contribution < -0.4 is 19.3 Å². The lowest BCUT2D eigenvalue weighted by atomic mass is 9.96. The van der Waals surface area contributed by atoms with Crippen molar-refractivity contribution in [3.8, 4) is 11.5 Å². The number of quaternary nitrogens is 2. The Balaban J connectivity index is 1.54. The van der Waals surface area contributed by atoms with Crippen LogP contribution in [0.4, 0.5) is 0 Å². The molecule has 0 bridgehead atoms. The van der Waals surface area contributed by atoms with Gasteiger partial charge in [-0.25, -0.2) is 0 Å². The summed E-state index contributed by atoms with van der Waals surface area (Å²) in [5.41, 5.74) is 1.26. The number of nitrogens with one attached hydrogen (secondary N) is 2. The summed E-state index contributed by atoms with van der Waals surface area (Å²) in [5.74, 6) is 1.91. The highest BCUT2D eigenvalue weighted by Crippen LogP contribution is 2.27. The zero-order valence-electron chi connectivity index (χ0n) is 18.8. The van der Waals surface area contributed by atoms with Crippen LogP contribution in [-0.4, -0.2) is 69.3 Å². The average molecular weight is 406 g/mol. The molecule has 6 nitrogen and oxygen atoms in total. The second kappa shape index (κ2) is 9.81. The number of rotatable bonds is 6. The predicted molar refractivity (Wildman–Crippen MR) is 114 cm³/mol. The number of methoxy groups -OCH3 is 2. The minimum atomic E-state index is 0.0561. The van der Waals surface area contributed by atoms with Gasteiger partial charge in [0.1, 0.15) is 32.7 Å². The number of carbonyl (C=O) groups is 1. The first-order valence-corrected chi connectivity index (χ1v) is 11.2. The lowest BCUT2D eigenvalue weighted by molar-refractivity contribution is -1.02. The zero-order valence-corrected chi connectivity index (χ0v) is 18.8. The van der Waals surface area contributed by atoms with E-state index in [4.69, 9.17) is 9.47 Å². The van der Waals surface area contributed by atoms with Crippen molar-refractivity contribution in [1.29, 1.82) is 0 Å². The lowest BCUT2D eigenvalue weighted by Gasteiger charge is -2.42. The summed E-state index contributed by atoms with van der Waals surface area (Å²) in [7, 11) is 3.34. The van der Waals surface area contributed by atoms with Crippen molar-refractivity contribution in [2.45, 2.75) is 64.7 Å². The molecule has 6 heteroatoms. The van der Waals surface area contributed by atoms with Crippen LogP contribution in [0, 0.1) is 0 Å². The molecule has 2 saturated heterocycles. The van der Waals surface area contributed by atoms with E-state index >= 15 is 0 Å². The molecule has 0 unspecified atom stereocenters. The van der Waals surface area contributed by atoms with E-state index in [1.54, 1.807) is 19.1 Å². The largest absolute Gasteiger partial charge is 0.493 e. The van der Waals surface area contributed by atoms with Crippen molar-refractivity contribution >= 4 is 5.91 Å². The summed E-state index contributed by atoms with van der Waals surface area (Å²) in [6.45, 7) is 11.8. The van der Waals surface area contributed by atoms with E-state index in [0.717, 1.165) is 57.1 Å². The highest BCUT2D eigenvalue weighted by Gasteiger charge is 2.37. The number of piperidine rings is 1. The first kappa shape index (κ1) is 21.9. The fraction of sp³-hybridized carbons (Fsp3) is 0.696. The molecule has 3 rings (SSSR count). The standard InChI is InChI=1S/C23H37N3O3/c1-17-7-6-8-18(2)26(17)23(27)19(3)25-13-11-24(12-14-25)16-20-9-10-21(28-4)22(15-20)29-5/h9-10,15,17-19H,6-8,11-14,16H2,1-5H3/p+2/t17-,18-,19+/m0/s1. The van der Waals surface area contributed by atoms with Crippen LogP contribution in [-0.2, 0) is 11.3 Å². The van der Waals surface area contributed by atoms with Gasteiger partial charge in [0, 0.05) is 17.6 Å². The smallest absolute Gasteiger partial charge is 0.281 e. The maximum absolute atomic E-state index is 13.2. The number of carbonyl (C=O) groups excluding carboxylic acids is 1. The molecule has 0 aliphatic carbocycles. The van der Waals surface area contributed by atoms with Gasteiger partial charge in [0.25, 0.3) is 5.91 Å². The molecule has 0 saturated carbocycles. The number of benzene rings is 1. The van der Waals surface area contributed by atoms with Crippen molar-refractivity contribution in [3.63, 3.8) is 0 Å². The Morgan fingerprint density at radius 1 is 1.07 bits per heavy atom. The van der Waals surface area contributed by atoms with Crippen molar-refractivity contribution < 1.29 is 24.1 Å². The maximum Gasteiger partial charge on any atom is 0.281 e. The van der Waals surface area contributed by atoms with E-state index in [1.807, 2.05) is 6.07 Å². The van der Waals surface area contributed by atoms with Crippen LogP contribution in [0.25, 0.3) is 0 Å². The molecular weight excluding hydrogens is 366 g/mol. The Morgan fingerprint density at radius 3 is 2.28 bits per heavy atom. The molecule has 2 aliphatic rings. The summed E-state index contributed by atoms with van der Waals surface area (Å²) in [4.78, 5) is 18.4. The molecule has 2 N–H and O–H groups in total. The molecule has 0 spiro atoms. The summed E-state index contributed by atoms with van der Waals surface area (Å²) in [5, 5.41) is 0. The van der Waals surface area contributed by atoms with Gasteiger partial charge in [-0.15, -0.1) is 0 Å². The van der Waals surface area contributed by atoms with Crippen LogP contribution in [0.5, 0.6) is 11.5 Å². The molecule has 29 heavy (non-hydrogen) atoms. The second-order valence-corrected chi connectivity index (χ2v) is 8.87. The highest BCUT2D eigenvalue weighted by molar-refractivity contribution is 5.80. The van der Waals surface area contributed by atoms with Crippen molar-refractivity contribution in [2.24, 2.45) is 0 Å². The molecule has 0 radical (unpaired) electrons. The normalized spacial score (nSPS) is 28.7. The number of ether oxygens (including phenoxy) is 2. The van der Waals surface area contributed by atoms with Crippen LogP contribution in [0.15, 0.2) is 18.2 Å². The van der Waals surface area contributed by atoms with Gasteiger partial charge in [-0.1, -0.05) is 0 Å². The summed E-state index contributed by atoms with van der Waals surface area (Å²) >= 11 is 0. The van der Waals surface area contributed by atoms with Crippen molar-refractivity contribution in [1.82, 2.24) is 4.90 Å². The van der Waals surface area contributed by atoms with E-state index in [-0.39, 0.29) is 6.04 Å². The SMILES string of the molecule is COc1ccc(C[NH+]2CC[NH+]([C@H](C)C(=O)N3[C@@H](C)CCC[C@@H]3C)CC2)cc1OC. The molecule has 1 amide bonds. The Morgan fingerprint density at radius 2 is 1.69 bits per heavy atom. The number of likely N-dealkylation sites (tertiary alicyclic amines) is 1. The fourth-order valence-electron chi connectivity index (χ4n) is 5.07. The molecule has 1 aromatic rings. The van der Waals surface area contributed by atoms with Gasteiger partial charge in [-0.05, 0) is 58.2 Å². The van der Waals surface area contributed by atoms with Gasteiger partial charge in [0.2, 0.25) is 0 Å². The van der Waals surface area contributed by atoms with E-state index in [0.29, 0.717) is 18.0 Å². The number of hydrogen-bond donors (Lipinski definition) is 2. The minimum absolute atomic E-state index is 0.0561. The van der Waals surface area contributed by atoms with Gasteiger partial charge in [0.15, 0.2) is 17.5 Å². The van der Waals surface area contributed by atoms with Crippen LogP contribution >= 0.6 is 0 Å². The van der Waals surface area contributed by atoms with Crippen molar-refractivity contribution in [3.05, 3.63) is 23.8 Å². The van der Waals surface area contributed by atoms with E-state index in [2.05, 4.69) is 37.8 Å². The van der Waals surface area contributed by atoms with Gasteiger partial charge < -0.3 is 24.2 Å².